The Kier molecular flexibility index (Phi) is 4.14. The van der Waals surface area contributed by atoms with E-state index in [-0.39, 0.29) is 0 Å². The molecule has 4 nitrogen and oxygen atoms in total. The van der Waals surface area contributed by atoms with Gasteiger partial charge in [-0.1, -0.05) is 21.1 Å². The Morgan fingerprint density at radius 2 is 2.07 bits per heavy atom. The molecule has 1 aromatic heterocycles. The molecule has 0 amide bonds. The van der Waals surface area contributed by atoms with Gasteiger partial charge in [0.25, 0.3) is 0 Å². The van der Waals surface area contributed by atoms with E-state index in [4.69, 9.17) is 0 Å². The fraction of sp³-hybridized carbons (Fsp3) is 0.800. The van der Waals surface area contributed by atoms with Crippen molar-refractivity contribution in [2.45, 2.75) is 31.1 Å². The minimum atomic E-state index is 0.791. The highest BCUT2D eigenvalue weighted by Crippen LogP contribution is 2.08. The quantitative estimate of drug-likeness (QED) is 0.765. The van der Waals surface area contributed by atoms with Crippen LogP contribution in [-0.4, -0.2) is 39.5 Å². The van der Waals surface area contributed by atoms with Crippen LogP contribution in [0.1, 0.15) is 25.0 Å². The van der Waals surface area contributed by atoms with E-state index < -0.39 is 0 Å². The monoisotopic (exact) mass is 272 g/mol. The van der Waals surface area contributed by atoms with Gasteiger partial charge in [-0.15, -0.1) is 5.10 Å². The van der Waals surface area contributed by atoms with Gasteiger partial charge < -0.3 is 4.90 Å². The number of aromatic nitrogens is 3. The second-order valence-corrected chi connectivity index (χ2v) is 4.57. The number of aryl methyl sites for hydroxylation is 1. The summed E-state index contributed by atoms with van der Waals surface area (Å²) < 4.78 is 1.94. The summed E-state index contributed by atoms with van der Waals surface area (Å²) in [5, 5.41) is 8.90. The first-order valence-corrected chi connectivity index (χ1v) is 6.68. The van der Waals surface area contributed by atoms with Gasteiger partial charge in [-0.2, -0.15) is 0 Å². The van der Waals surface area contributed by atoms with Crippen molar-refractivity contribution in [1.29, 1.82) is 0 Å². The zero-order valence-corrected chi connectivity index (χ0v) is 10.5. The van der Waals surface area contributed by atoms with Crippen LogP contribution >= 0.6 is 15.9 Å². The molecule has 0 N–H and O–H groups in total. The van der Waals surface area contributed by atoms with Crippen LogP contribution in [-0.2, 0) is 11.9 Å². The average Bonchev–Trinajstić information content (AvgIpc) is 2.88. The summed E-state index contributed by atoms with van der Waals surface area (Å²) in [4.78, 5) is 2.53. The number of hydrogen-bond acceptors (Lipinski definition) is 3. The molecule has 5 heteroatoms. The zero-order valence-electron chi connectivity index (χ0n) is 8.90. The molecule has 1 aliphatic rings. The molecule has 1 fully saturated rings. The predicted molar refractivity (Wildman–Crippen MR) is 62.9 cm³/mol. The van der Waals surface area contributed by atoms with E-state index in [0.29, 0.717) is 0 Å². The van der Waals surface area contributed by atoms with E-state index in [9.17, 15) is 0 Å². The zero-order chi connectivity index (χ0) is 10.5. The summed E-state index contributed by atoms with van der Waals surface area (Å²) in [6.07, 6.45) is 5.93. The molecule has 0 aliphatic carbocycles. The van der Waals surface area contributed by atoms with Gasteiger partial charge >= 0.3 is 0 Å². The third-order valence-corrected chi connectivity index (χ3v) is 3.36. The smallest absolute Gasteiger partial charge is 0.0932 e. The lowest BCUT2D eigenvalue weighted by molar-refractivity contribution is 0.321. The Morgan fingerprint density at radius 3 is 2.73 bits per heavy atom. The van der Waals surface area contributed by atoms with Gasteiger partial charge in [-0.3, -0.25) is 4.68 Å². The van der Waals surface area contributed by atoms with Crippen molar-refractivity contribution in [3.8, 4) is 0 Å². The molecule has 2 rings (SSSR count). The third-order valence-electron chi connectivity index (χ3n) is 2.78. The van der Waals surface area contributed by atoms with Crippen molar-refractivity contribution in [3.63, 3.8) is 0 Å². The van der Waals surface area contributed by atoms with E-state index in [1.165, 1.54) is 38.9 Å². The van der Waals surface area contributed by atoms with Crippen molar-refractivity contribution in [1.82, 2.24) is 19.9 Å². The molecule has 1 aliphatic heterocycles. The lowest BCUT2D eigenvalue weighted by atomic mass is 10.4. The van der Waals surface area contributed by atoms with Crippen LogP contribution in [0.4, 0.5) is 0 Å². The van der Waals surface area contributed by atoms with Crippen LogP contribution in [0.3, 0.4) is 0 Å². The molecule has 0 bridgehead atoms. The Hall–Kier alpha value is -0.420. The highest BCUT2D eigenvalue weighted by molar-refractivity contribution is 9.08. The molecule has 2 heterocycles. The van der Waals surface area contributed by atoms with Crippen LogP contribution in [0.2, 0.25) is 0 Å². The molecule has 0 unspecified atom stereocenters. The maximum absolute atomic E-state index is 4.07. The first-order chi connectivity index (χ1) is 7.38. The van der Waals surface area contributed by atoms with E-state index in [2.05, 4.69) is 31.1 Å². The molecule has 84 valence electrons. The number of alkyl halides is 1. The maximum Gasteiger partial charge on any atom is 0.0932 e. The number of rotatable bonds is 5. The highest BCUT2D eigenvalue weighted by Gasteiger charge is 2.10. The predicted octanol–water partition coefficient (Wildman–Crippen LogP) is 1.66. The van der Waals surface area contributed by atoms with Crippen molar-refractivity contribution < 1.29 is 0 Å². The molecule has 0 radical (unpaired) electrons. The standard InChI is InChI=1S/C10H17BrN4/c11-8-10-9-15(13-12-10)7-3-6-14-4-1-2-5-14/h9H,1-8H2. The largest absolute Gasteiger partial charge is 0.303 e. The molecule has 0 atom stereocenters. The second kappa shape index (κ2) is 5.61. The number of halogens is 1. The number of hydrogen-bond donors (Lipinski definition) is 0. The van der Waals surface area contributed by atoms with Gasteiger partial charge in [0.15, 0.2) is 0 Å². The van der Waals surface area contributed by atoms with E-state index in [0.717, 1.165) is 17.6 Å². The summed E-state index contributed by atoms with van der Waals surface area (Å²) in [6.45, 7) is 4.74. The lowest BCUT2D eigenvalue weighted by Gasteiger charge is -2.13. The molecule has 1 saturated heterocycles. The van der Waals surface area contributed by atoms with Crippen molar-refractivity contribution in [2.75, 3.05) is 19.6 Å². The molecule has 1 aromatic rings. The van der Waals surface area contributed by atoms with Crippen molar-refractivity contribution in [3.05, 3.63) is 11.9 Å². The summed E-state index contributed by atoms with van der Waals surface area (Å²) in [6, 6.07) is 0. The minimum Gasteiger partial charge on any atom is -0.303 e. The van der Waals surface area contributed by atoms with E-state index >= 15 is 0 Å². The molecule has 0 saturated carbocycles. The Labute approximate surface area is 98.8 Å². The van der Waals surface area contributed by atoms with Crippen LogP contribution in [0.5, 0.6) is 0 Å². The van der Waals surface area contributed by atoms with Crippen LogP contribution < -0.4 is 0 Å². The Morgan fingerprint density at radius 1 is 1.27 bits per heavy atom. The summed E-state index contributed by atoms with van der Waals surface area (Å²) >= 11 is 3.37. The molecule has 0 aromatic carbocycles. The normalized spacial score (nSPS) is 17.4. The van der Waals surface area contributed by atoms with Gasteiger partial charge in [-0.05, 0) is 38.9 Å². The maximum atomic E-state index is 4.07. The molecular formula is C10H17BrN4. The lowest BCUT2D eigenvalue weighted by Crippen LogP contribution is -2.21. The fourth-order valence-electron chi connectivity index (χ4n) is 1.97. The molecule has 15 heavy (non-hydrogen) atoms. The third kappa shape index (κ3) is 3.28. The van der Waals surface area contributed by atoms with Gasteiger partial charge in [0.2, 0.25) is 0 Å². The summed E-state index contributed by atoms with van der Waals surface area (Å²) in [7, 11) is 0. The van der Waals surface area contributed by atoms with Crippen molar-refractivity contribution in [2.24, 2.45) is 0 Å². The summed E-state index contributed by atoms with van der Waals surface area (Å²) in [5.74, 6) is 0. The Bertz CT molecular complexity index is 293. The average molecular weight is 273 g/mol. The highest BCUT2D eigenvalue weighted by atomic mass is 79.9. The first-order valence-electron chi connectivity index (χ1n) is 5.56. The first kappa shape index (κ1) is 11.1. The SMILES string of the molecule is BrCc1cn(CCCN2CCCC2)nn1. The van der Waals surface area contributed by atoms with Gasteiger partial charge in [0, 0.05) is 18.1 Å². The van der Waals surface area contributed by atoms with Crippen LogP contribution in [0, 0.1) is 0 Å². The molecular weight excluding hydrogens is 256 g/mol. The van der Waals surface area contributed by atoms with Crippen molar-refractivity contribution >= 4 is 15.9 Å². The second-order valence-electron chi connectivity index (χ2n) is 4.01. The topological polar surface area (TPSA) is 34.0 Å². The van der Waals surface area contributed by atoms with Crippen LogP contribution in [0.25, 0.3) is 0 Å². The fourth-order valence-corrected chi connectivity index (χ4v) is 2.23. The van der Waals surface area contributed by atoms with Crippen LogP contribution in [0.15, 0.2) is 6.20 Å². The van der Waals surface area contributed by atoms with E-state index in [1.807, 2.05) is 10.9 Å². The minimum absolute atomic E-state index is 0.791. The Balaban J connectivity index is 1.68. The van der Waals surface area contributed by atoms with Gasteiger partial charge in [-0.25, -0.2) is 0 Å². The molecule has 0 spiro atoms. The van der Waals surface area contributed by atoms with E-state index in [1.54, 1.807) is 0 Å². The van der Waals surface area contributed by atoms with Gasteiger partial charge in [0.05, 0.1) is 5.69 Å². The number of nitrogens with zero attached hydrogens (tertiary/aromatic N) is 4. The van der Waals surface area contributed by atoms with Gasteiger partial charge in [0.1, 0.15) is 0 Å². The number of likely N-dealkylation sites (tertiary alicyclic amines) is 1. The summed E-state index contributed by atoms with van der Waals surface area (Å²) in [5.41, 5.74) is 1.01.